The monoisotopic (exact) mass is 351 g/mol. The van der Waals surface area contributed by atoms with E-state index in [0.717, 1.165) is 28.9 Å². The van der Waals surface area contributed by atoms with Gasteiger partial charge in [0.25, 0.3) is 5.91 Å². The van der Waals surface area contributed by atoms with Gasteiger partial charge in [-0.2, -0.15) is 0 Å². The van der Waals surface area contributed by atoms with Gasteiger partial charge in [0.2, 0.25) is 0 Å². The number of aryl methyl sites for hydroxylation is 1. The average Bonchev–Trinajstić information content (AvgIpc) is 3.27. The van der Waals surface area contributed by atoms with Gasteiger partial charge in [-0.25, -0.2) is 4.98 Å². The van der Waals surface area contributed by atoms with Gasteiger partial charge >= 0.3 is 0 Å². The number of aromatic nitrogens is 2. The van der Waals surface area contributed by atoms with Crippen LogP contribution in [0.5, 0.6) is 0 Å². The van der Waals surface area contributed by atoms with Crippen LogP contribution in [0, 0.1) is 12.8 Å². The third-order valence-corrected chi connectivity index (χ3v) is 5.40. The van der Waals surface area contributed by atoms with Crippen LogP contribution in [0.1, 0.15) is 54.0 Å². The Labute approximate surface area is 153 Å². The minimum absolute atomic E-state index is 0.0471. The lowest BCUT2D eigenvalue weighted by Crippen LogP contribution is -2.35. The molecule has 4 rings (SSSR count). The van der Waals surface area contributed by atoms with Crippen molar-refractivity contribution in [3.8, 4) is 0 Å². The molecule has 5 nitrogen and oxygen atoms in total. The van der Waals surface area contributed by atoms with Crippen LogP contribution < -0.4 is 0 Å². The fourth-order valence-electron chi connectivity index (χ4n) is 3.87. The summed E-state index contributed by atoms with van der Waals surface area (Å²) in [6.07, 6.45) is 7.92. The Bertz CT molecular complexity index is 856. The summed E-state index contributed by atoms with van der Waals surface area (Å²) in [6.45, 7) is 3.27. The number of benzene rings is 1. The number of imidazole rings is 1. The van der Waals surface area contributed by atoms with Crippen molar-refractivity contribution in [2.75, 3.05) is 6.54 Å². The highest BCUT2D eigenvalue weighted by molar-refractivity contribution is 5.96. The van der Waals surface area contributed by atoms with Gasteiger partial charge in [-0.05, 0) is 37.8 Å². The number of hydrogen-bond donors (Lipinski definition) is 1. The maximum absolute atomic E-state index is 13.2. The summed E-state index contributed by atoms with van der Waals surface area (Å²) in [7, 11) is 0. The molecule has 1 aliphatic rings. The van der Waals surface area contributed by atoms with Crippen molar-refractivity contribution in [2.45, 2.75) is 45.6 Å². The summed E-state index contributed by atoms with van der Waals surface area (Å²) < 4.78 is 5.83. The molecule has 0 bridgehead atoms. The first kappa shape index (κ1) is 16.9. The van der Waals surface area contributed by atoms with Crippen LogP contribution >= 0.6 is 0 Å². The van der Waals surface area contributed by atoms with Crippen LogP contribution in [-0.2, 0) is 6.54 Å². The Morgan fingerprint density at radius 2 is 2.08 bits per heavy atom. The lowest BCUT2D eigenvalue weighted by atomic mass is 9.89. The number of nitrogens with zero attached hydrogens (tertiary/aromatic N) is 2. The number of amides is 1. The molecule has 1 N–H and O–H groups in total. The van der Waals surface area contributed by atoms with Gasteiger partial charge in [-0.3, -0.25) is 4.79 Å². The van der Waals surface area contributed by atoms with E-state index < -0.39 is 0 Å². The van der Waals surface area contributed by atoms with E-state index in [9.17, 15) is 4.79 Å². The van der Waals surface area contributed by atoms with E-state index in [1.165, 1.54) is 32.1 Å². The Balaban J connectivity index is 1.59. The standard InChI is InChI=1S/C21H25N3O2/c1-15-18(23-14-22-15)13-24(12-16-7-3-2-4-8-16)21(25)20-11-17-9-5-6-10-19(17)26-20/h5-6,9-11,14,16H,2-4,7-8,12-13H2,1H3,(H,22,23). The molecular weight excluding hydrogens is 326 g/mol. The molecule has 0 unspecified atom stereocenters. The van der Waals surface area contributed by atoms with Gasteiger partial charge in [-0.1, -0.05) is 37.5 Å². The second kappa shape index (κ2) is 7.36. The van der Waals surface area contributed by atoms with Crippen LogP contribution in [-0.4, -0.2) is 27.3 Å². The molecule has 0 atom stereocenters. The van der Waals surface area contributed by atoms with Crippen LogP contribution in [0.4, 0.5) is 0 Å². The van der Waals surface area contributed by atoms with Crippen molar-refractivity contribution < 1.29 is 9.21 Å². The summed E-state index contributed by atoms with van der Waals surface area (Å²) in [6, 6.07) is 9.60. The number of aromatic amines is 1. The maximum atomic E-state index is 13.2. The van der Waals surface area contributed by atoms with Crippen LogP contribution in [0.3, 0.4) is 0 Å². The first-order chi connectivity index (χ1) is 12.7. The van der Waals surface area contributed by atoms with Crippen molar-refractivity contribution in [2.24, 2.45) is 5.92 Å². The predicted molar refractivity (Wildman–Crippen MR) is 101 cm³/mol. The van der Waals surface area contributed by atoms with E-state index in [-0.39, 0.29) is 5.91 Å². The molecule has 2 aromatic heterocycles. The molecule has 26 heavy (non-hydrogen) atoms. The van der Waals surface area contributed by atoms with E-state index in [0.29, 0.717) is 18.2 Å². The summed E-state index contributed by atoms with van der Waals surface area (Å²) in [4.78, 5) is 22.6. The minimum atomic E-state index is -0.0471. The molecule has 1 saturated carbocycles. The summed E-state index contributed by atoms with van der Waals surface area (Å²) in [5.41, 5.74) is 2.69. The number of nitrogens with one attached hydrogen (secondary N) is 1. The quantitative estimate of drug-likeness (QED) is 0.725. The van der Waals surface area contributed by atoms with Gasteiger partial charge in [0.1, 0.15) is 5.58 Å². The summed E-state index contributed by atoms with van der Waals surface area (Å²) in [5.74, 6) is 0.931. The highest BCUT2D eigenvalue weighted by atomic mass is 16.3. The molecule has 1 aliphatic carbocycles. The molecule has 0 radical (unpaired) electrons. The van der Waals surface area contributed by atoms with E-state index in [1.807, 2.05) is 42.2 Å². The highest BCUT2D eigenvalue weighted by Crippen LogP contribution is 2.27. The number of furan rings is 1. The topological polar surface area (TPSA) is 62.1 Å². The molecular formula is C21H25N3O2. The number of H-pyrrole nitrogens is 1. The number of rotatable bonds is 5. The van der Waals surface area contributed by atoms with Crippen molar-refractivity contribution >= 4 is 16.9 Å². The number of carbonyl (C=O) groups is 1. The molecule has 5 heteroatoms. The normalized spacial score (nSPS) is 15.4. The molecule has 1 aromatic carbocycles. The third-order valence-electron chi connectivity index (χ3n) is 5.40. The SMILES string of the molecule is Cc1[nH]cnc1CN(CC1CCCCC1)C(=O)c1cc2ccccc2o1. The molecule has 0 aliphatic heterocycles. The Morgan fingerprint density at radius 3 is 2.81 bits per heavy atom. The molecule has 0 saturated heterocycles. The van der Waals surface area contributed by atoms with Crippen molar-refractivity contribution in [1.29, 1.82) is 0 Å². The second-order valence-electron chi connectivity index (χ2n) is 7.31. The van der Waals surface area contributed by atoms with Crippen LogP contribution in [0.25, 0.3) is 11.0 Å². The van der Waals surface area contributed by atoms with E-state index in [2.05, 4.69) is 9.97 Å². The number of carbonyl (C=O) groups excluding carboxylic acids is 1. The highest BCUT2D eigenvalue weighted by Gasteiger charge is 2.25. The molecule has 3 aromatic rings. The second-order valence-corrected chi connectivity index (χ2v) is 7.31. The first-order valence-electron chi connectivity index (χ1n) is 9.47. The van der Waals surface area contributed by atoms with Crippen molar-refractivity contribution in [3.63, 3.8) is 0 Å². The van der Waals surface area contributed by atoms with Gasteiger partial charge in [0.15, 0.2) is 5.76 Å². The van der Waals surface area contributed by atoms with Gasteiger partial charge in [0.05, 0.1) is 18.6 Å². The smallest absolute Gasteiger partial charge is 0.289 e. The van der Waals surface area contributed by atoms with Gasteiger partial charge < -0.3 is 14.3 Å². The van der Waals surface area contributed by atoms with Gasteiger partial charge in [-0.15, -0.1) is 0 Å². The largest absolute Gasteiger partial charge is 0.451 e. The Hall–Kier alpha value is -2.56. The molecule has 136 valence electrons. The third kappa shape index (κ3) is 3.52. The Morgan fingerprint density at radius 1 is 1.27 bits per heavy atom. The van der Waals surface area contributed by atoms with Crippen LogP contribution in [0.2, 0.25) is 0 Å². The number of fused-ring (bicyclic) bond motifs is 1. The molecule has 1 fully saturated rings. The zero-order valence-electron chi connectivity index (χ0n) is 15.2. The van der Waals surface area contributed by atoms with Crippen molar-refractivity contribution in [1.82, 2.24) is 14.9 Å². The van der Waals surface area contributed by atoms with E-state index in [4.69, 9.17) is 4.42 Å². The van der Waals surface area contributed by atoms with Crippen LogP contribution in [0.15, 0.2) is 41.1 Å². The Kier molecular flexibility index (Phi) is 4.78. The zero-order valence-corrected chi connectivity index (χ0v) is 15.2. The van der Waals surface area contributed by atoms with Crippen molar-refractivity contribution in [3.05, 3.63) is 53.8 Å². The number of para-hydroxylation sites is 1. The first-order valence-corrected chi connectivity index (χ1v) is 9.47. The molecule has 2 heterocycles. The average molecular weight is 351 g/mol. The summed E-state index contributed by atoms with van der Waals surface area (Å²) >= 11 is 0. The fourth-order valence-corrected chi connectivity index (χ4v) is 3.87. The van der Waals surface area contributed by atoms with Gasteiger partial charge in [0, 0.05) is 17.6 Å². The van der Waals surface area contributed by atoms with E-state index >= 15 is 0 Å². The fraction of sp³-hybridized carbons (Fsp3) is 0.429. The lowest BCUT2D eigenvalue weighted by Gasteiger charge is -2.29. The maximum Gasteiger partial charge on any atom is 0.289 e. The molecule has 0 spiro atoms. The lowest BCUT2D eigenvalue weighted by molar-refractivity contribution is 0.0667. The van der Waals surface area contributed by atoms with E-state index in [1.54, 1.807) is 6.33 Å². The minimum Gasteiger partial charge on any atom is -0.451 e. The summed E-state index contributed by atoms with van der Waals surface area (Å²) in [5, 5.41) is 0.962. The molecule has 1 amide bonds. The zero-order chi connectivity index (χ0) is 17.9. The number of hydrogen-bond acceptors (Lipinski definition) is 3. The predicted octanol–water partition coefficient (Wildman–Crippen LogP) is 4.69.